The number of fused-ring (bicyclic) bond motifs is 1. The standard InChI is InChI=1S/C10H12BrN3/c1-7(5-12)8-3-2-4-14-6-13-10(11)9(8)14/h2-4,6-7H,5,12H2,1H3. The van der Waals surface area contributed by atoms with E-state index in [2.05, 4.69) is 33.9 Å². The zero-order valence-corrected chi connectivity index (χ0v) is 9.53. The maximum atomic E-state index is 5.67. The molecule has 0 saturated heterocycles. The molecule has 0 saturated carbocycles. The summed E-state index contributed by atoms with van der Waals surface area (Å²) in [4.78, 5) is 4.21. The second-order valence-corrected chi connectivity index (χ2v) is 4.14. The molecule has 2 rings (SSSR count). The van der Waals surface area contributed by atoms with Crippen LogP contribution in [0, 0.1) is 0 Å². The number of hydrogen-bond donors (Lipinski definition) is 1. The Bertz CT molecular complexity index is 450. The molecule has 0 bridgehead atoms. The molecule has 1 atom stereocenters. The number of nitrogens with zero attached hydrogens (tertiary/aromatic N) is 2. The molecule has 74 valence electrons. The zero-order chi connectivity index (χ0) is 10.1. The molecule has 0 radical (unpaired) electrons. The predicted octanol–water partition coefficient (Wildman–Crippen LogP) is 2.16. The minimum atomic E-state index is 0.353. The lowest BCUT2D eigenvalue weighted by molar-refractivity contribution is 0.775. The second kappa shape index (κ2) is 3.71. The minimum Gasteiger partial charge on any atom is -0.330 e. The van der Waals surface area contributed by atoms with Gasteiger partial charge in [0.2, 0.25) is 0 Å². The summed E-state index contributed by atoms with van der Waals surface area (Å²) in [6.45, 7) is 2.77. The molecule has 4 heteroatoms. The van der Waals surface area contributed by atoms with E-state index in [1.54, 1.807) is 6.33 Å². The fourth-order valence-corrected chi connectivity index (χ4v) is 2.09. The SMILES string of the molecule is CC(CN)c1cccn2cnc(Br)c12. The van der Waals surface area contributed by atoms with Crippen molar-refractivity contribution in [3.8, 4) is 0 Å². The minimum absolute atomic E-state index is 0.353. The predicted molar refractivity (Wildman–Crippen MR) is 60.4 cm³/mol. The summed E-state index contributed by atoms with van der Waals surface area (Å²) in [5, 5.41) is 0. The highest BCUT2D eigenvalue weighted by Gasteiger charge is 2.11. The third kappa shape index (κ3) is 1.44. The quantitative estimate of drug-likeness (QED) is 0.892. The summed E-state index contributed by atoms with van der Waals surface area (Å²) in [7, 11) is 0. The van der Waals surface area contributed by atoms with E-state index in [0.717, 1.165) is 10.1 Å². The van der Waals surface area contributed by atoms with Gasteiger partial charge in [0.25, 0.3) is 0 Å². The molecule has 3 nitrogen and oxygen atoms in total. The fourth-order valence-electron chi connectivity index (χ4n) is 1.56. The summed E-state index contributed by atoms with van der Waals surface area (Å²) in [6, 6.07) is 4.11. The number of pyridine rings is 1. The van der Waals surface area contributed by atoms with E-state index in [9.17, 15) is 0 Å². The van der Waals surface area contributed by atoms with Crippen LogP contribution in [0.4, 0.5) is 0 Å². The van der Waals surface area contributed by atoms with Crippen LogP contribution in [0.3, 0.4) is 0 Å². The average Bonchev–Trinajstić information content (AvgIpc) is 2.59. The molecule has 0 amide bonds. The van der Waals surface area contributed by atoms with Gasteiger partial charge in [-0.1, -0.05) is 13.0 Å². The van der Waals surface area contributed by atoms with Crippen molar-refractivity contribution in [2.24, 2.45) is 5.73 Å². The van der Waals surface area contributed by atoms with Gasteiger partial charge in [-0.25, -0.2) is 4.98 Å². The highest BCUT2D eigenvalue weighted by Crippen LogP contribution is 2.25. The fraction of sp³-hybridized carbons (Fsp3) is 0.300. The number of halogens is 1. The number of imidazole rings is 1. The molecule has 0 aliphatic rings. The Hall–Kier alpha value is -0.870. The Balaban J connectivity index is 2.69. The first-order chi connectivity index (χ1) is 6.74. The van der Waals surface area contributed by atoms with Crippen LogP contribution in [-0.4, -0.2) is 15.9 Å². The Kier molecular flexibility index (Phi) is 2.56. The monoisotopic (exact) mass is 253 g/mol. The molecule has 0 aliphatic carbocycles. The third-order valence-corrected chi connectivity index (χ3v) is 3.01. The van der Waals surface area contributed by atoms with Crippen molar-refractivity contribution in [2.75, 3.05) is 6.54 Å². The van der Waals surface area contributed by atoms with Crippen LogP contribution >= 0.6 is 15.9 Å². The first kappa shape index (κ1) is 9.68. The molecule has 2 aromatic heterocycles. The number of hydrogen-bond acceptors (Lipinski definition) is 2. The van der Waals surface area contributed by atoms with Crippen molar-refractivity contribution in [3.63, 3.8) is 0 Å². The van der Waals surface area contributed by atoms with Crippen LogP contribution in [0.25, 0.3) is 5.52 Å². The molecule has 0 aliphatic heterocycles. The van der Waals surface area contributed by atoms with E-state index < -0.39 is 0 Å². The zero-order valence-electron chi connectivity index (χ0n) is 7.94. The van der Waals surface area contributed by atoms with Gasteiger partial charge in [0.05, 0.1) is 5.52 Å². The lowest BCUT2D eigenvalue weighted by atomic mass is 10.0. The van der Waals surface area contributed by atoms with E-state index in [4.69, 9.17) is 5.73 Å². The summed E-state index contributed by atoms with van der Waals surface area (Å²) in [5.74, 6) is 0.353. The van der Waals surface area contributed by atoms with Gasteiger partial charge in [-0.3, -0.25) is 0 Å². The lowest BCUT2D eigenvalue weighted by Crippen LogP contribution is -2.09. The Morgan fingerprint density at radius 3 is 3.14 bits per heavy atom. The summed E-state index contributed by atoms with van der Waals surface area (Å²) in [5.41, 5.74) is 8.02. The van der Waals surface area contributed by atoms with Gasteiger partial charge >= 0.3 is 0 Å². The van der Waals surface area contributed by atoms with Gasteiger partial charge in [0.15, 0.2) is 0 Å². The van der Waals surface area contributed by atoms with E-state index in [-0.39, 0.29) is 0 Å². The third-order valence-electron chi connectivity index (χ3n) is 2.43. The second-order valence-electron chi connectivity index (χ2n) is 3.39. The van der Waals surface area contributed by atoms with Crippen LogP contribution in [-0.2, 0) is 0 Å². The van der Waals surface area contributed by atoms with E-state index >= 15 is 0 Å². The molecule has 2 N–H and O–H groups in total. The van der Waals surface area contributed by atoms with Crippen molar-refractivity contribution in [3.05, 3.63) is 34.8 Å². The van der Waals surface area contributed by atoms with Crippen LogP contribution in [0.5, 0.6) is 0 Å². The summed E-state index contributed by atoms with van der Waals surface area (Å²) < 4.78 is 2.89. The van der Waals surface area contributed by atoms with Crippen LogP contribution in [0.1, 0.15) is 18.4 Å². The van der Waals surface area contributed by atoms with Crippen LogP contribution in [0.15, 0.2) is 29.3 Å². The molecular weight excluding hydrogens is 242 g/mol. The van der Waals surface area contributed by atoms with Crippen molar-refractivity contribution in [2.45, 2.75) is 12.8 Å². The molecule has 2 aromatic rings. The van der Waals surface area contributed by atoms with Gasteiger partial charge in [0.1, 0.15) is 10.9 Å². The normalized spacial score (nSPS) is 13.4. The maximum Gasteiger partial charge on any atom is 0.132 e. The van der Waals surface area contributed by atoms with Crippen LogP contribution < -0.4 is 5.73 Å². The molecule has 1 unspecified atom stereocenters. The van der Waals surface area contributed by atoms with Gasteiger partial charge in [-0.15, -0.1) is 0 Å². The van der Waals surface area contributed by atoms with Gasteiger partial charge in [-0.2, -0.15) is 0 Å². The number of nitrogens with two attached hydrogens (primary N) is 1. The van der Waals surface area contributed by atoms with Crippen LogP contribution in [0.2, 0.25) is 0 Å². The average molecular weight is 254 g/mol. The first-order valence-electron chi connectivity index (χ1n) is 4.55. The Labute approximate surface area is 91.1 Å². The van der Waals surface area contributed by atoms with Gasteiger partial charge in [0, 0.05) is 6.20 Å². The molecule has 2 heterocycles. The van der Waals surface area contributed by atoms with Crippen molar-refractivity contribution in [1.82, 2.24) is 9.38 Å². The molecule has 0 spiro atoms. The van der Waals surface area contributed by atoms with Crippen molar-refractivity contribution >= 4 is 21.4 Å². The van der Waals surface area contributed by atoms with E-state index in [1.165, 1.54) is 5.56 Å². The van der Waals surface area contributed by atoms with E-state index in [1.807, 2.05) is 16.7 Å². The summed E-state index contributed by atoms with van der Waals surface area (Å²) >= 11 is 3.44. The lowest BCUT2D eigenvalue weighted by Gasteiger charge is -2.10. The number of rotatable bonds is 2. The number of aromatic nitrogens is 2. The maximum absolute atomic E-state index is 5.67. The molecular formula is C10H12BrN3. The highest BCUT2D eigenvalue weighted by molar-refractivity contribution is 9.10. The molecule has 14 heavy (non-hydrogen) atoms. The molecule has 0 aromatic carbocycles. The topological polar surface area (TPSA) is 43.3 Å². The van der Waals surface area contributed by atoms with Gasteiger partial charge in [-0.05, 0) is 40.0 Å². The molecule has 0 fully saturated rings. The Morgan fingerprint density at radius 2 is 2.43 bits per heavy atom. The van der Waals surface area contributed by atoms with E-state index in [0.29, 0.717) is 12.5 Å². The highest BCUT2D eigenvalue weighted by atomic mass is 79.9. The smallest absolute Gasteiger partial charge is 0.132 e. The Morgan fingerprint density at radius 1 is 1.64 bits per heavy atom. The summed E-state index contributed by atoms with van der Waals surface area (Å²) in [6.07, 6.45) is 3.78. The van der Waals surface area contributed by atoms with Gasteiger partial charge < -0.3 is 10.1 Å². The van der Waals surface area contributed by atoms with Crippen molar-refractivity contribution < 1.29 is 0 Å². The first-order valence-corrected chi connectivity index (χ1v) is 5.34. The largest absolute Gasteiger partial charge is 0.330 e. The van der Waals surface area contributed by atoms with Crippen molar-refractivity contribution in [1.29, 1.82) is 0 Å².